The lowest BCUT2D eigenvalue weighted by Crippen LogP contribution is -2.21. The minimum absolute atomic E-state index is 0.0163. The smallest absolute Gasteiger partial charge is 0.266 e. The molecule has 0 aliphatic rings. The Labute approximate surface area is 130 Å². The molecule has 0 saturated heterocycles. The number of hydrogen-bond acceptors (Lipinski definition) is 3. The standard InChI is InChI=1S/C17H22N2OS/c1-4-13-11-12-21-16(13)17(20)18-14-7-9-15(10-8-14)19(5-2)6-3/h7-12H,4-6H2,1-3H3,(H,18,20). The number of amides is 1. The third-order valence-corrected chi connectivity index (χ3v) is 4.54. The fourth-order valence-corrected chi connectivity index (χ4v) is 3.24. The molecule has 2 rings (SSSR count). The Morgan fingerprint density at radius 1 is 1.10 bits per heavy atom. The Balaban J connectivity index is 2.08. The van der Waals surface area contributed by atoms with Crippen LogP contribution in [0.25, 0.3) is 0 Å². The van der Waals surface area contributed by atoms with E-state index in [4.69, 9.17) is 0 Å². The minimum Gasteiger partial charge on any atom is -0.372 e. The molecular weight excluding hydrogens is 280 g/mol. The van der Waals surface area contributed by atoms with Gasteiger partial charge in [-0.25, -0.2) is 0 Å². The van der Waals surface area contributed by atoms with E-state index in [9.17, 15) is 4.79 Å². The number of anilines is 2. The third-order valence-electron chi connectivity index (χ3n) is 3.59. The van der Waals surface area contributed by atoms with Gasteiger partial charge in [0.25, 0.3) is 5.91 Å². The van der Waals surface area contributed by atoms with E-state index in [1.165, 1.54) is 17.0 Å². The van der Waals surface area contributed by atoms with E-state index in [0.717, 1.165) is 35.6 Å². The number of thiophene rings is 1. The van der Waals surface area contributed by atoms with Crippen molar-refractivity contribution in [2.75, 3.05) is 23.3 Å². The number of hydrogen-bond donors (Lipinski definition) is 1. The van der Waals surface area contributed by atoms with Gasteiger partial charge >= 0.3 is 0 Å². The van der Waals surface area contributed by atoms with Crippen molar-refractivity contribution in [3.63, 3.8) is 0 Å². The number of rotatable bonds is 6. The molecule has 21 heavy (non-hydrogen) atoms. The van der Waals surface area contributed by atoms with Crippen LogP contribution < -0.4 is 10.2 Å². The lowest BCUT2D eigenvalue weighted by atomic mass is 10.2. The molecule has 4 heteroatoms. The van der Waals surface area contributed by atoms with Crippen molar-refractivity contribution in [1.82, 2.24) is 0 Å². The molecular formula is C17H22N2OS. The number of aryl methyl sites for hydroxylation is 1. The second kappa shape index (κ2) is 7.27. The van der Waals surface area contributed by atoms with E-state index in [0.29, 0.717) is 0 Å². The van der Waals surface area contributed by atoms with Crippen molar-refractivity contribution in [1.29, 1.82) is 0 Å². The molecule has 0 radical (unpaired) electrons. The van der Waals surface area contributed by atoms with Crippen LogP contribution in [-0.4, -0.2) is 19.0 Å². The summed E-state index contributed by atoms with van der Waals surface area (Å²) in [6, 6.07) is 10.0. The molecule has 2 aromatic rings. The molecule has 1 amide bonds. The van der Waals surface area contributed by atoms with Crippen LogP contribution in [0.1, 0.15) is 36.0 Å². The molecule has 112 valence electrons. The van der Waals surface area contributed by atoms with E-state index in [1.54, 1.807) is 0 Å². The molecule has 0 aliphatic carbocycles. The predicted octanol–water partition coefficient (Wildman–Crippen LogP) is 4.41. The average molecular weight is 302 g/mol. The van der Waals surface area contributed by atoms with Crippen molar-refractivity contribution in [2.24, 2.45) is 0 Å². The van der Waals surface area contributed by atoms with Crippen molar-refractivity contribution < 1.29 is 4.79 Å². The zero-order valence-corrected chi connectivity index (χ0v) is 13.7. The molecule has 1 N–H and O–H groups in total. The SMILES string of the molecule is CCc1ccsc1C(=O)Nc1ccc(N(CC)CC)cc1. The molecule has 0 bridgehead atoms. The molecule has 1 aromatic heterocycles. The minimum atomic E-state index is -0.0163. The molecule has 0 unspecified atom stereocenters. The highest BCUT2D eigenvalue weighted by atomic mass is 32.1. The van der Waals surface area contributed by atoms with Gasteiger partial charge in [0.15, 0.2) is 0 Å². The van der Waals surface area contributed by atoms with Crippen LogP contribution in [-0.2, 0) is 6.42 Å². The van der Waals surface area contributed by atoms with E-state index in [2.05, 4.69) is 43.1 Å². The second-order valence-electron chi connectivity index (χ2n) is 4.80. The number of carbonyl (C=O) groups excluding carboxylic acids is 1. The fourth-order valence-electron chi connectivity index (χ4n) is 2.35. The molecule has 3 nitrogen and oxygen atoms in total. The van der Waals surface area contributed by atoms with Crippen LogP contribution in [0.2, 0.25) is 0 Å². The van der Waals surface area contributed by atoms with Gasteiger partial charge in [0, 0.05) is 24.5 Å². The summed E-state index contributed by atoms with van der Waals surface area (Å²) in [7, 11) is 0. The van der Waals surface area contributed by atoms with Crippen LogP contribution in [0.5, 0.6) is 0 Å². The van der Waals surface area contributed by atoms with Gasteiger partial charge in [0.1, 0.15) is 0 Å². The summed E-state index contributed by atoms with van der Waals surface area (Å²) in [4.78, 5) is 15.4. The van der Waals surface area contributed by atoms with Gasteiger partial charge in [-0.2, -0.15) is 0 Å². The monoisotopic (exact) mass is 302 g/mol. The highest BCUT2D eigenvalue weighted by Crippen LogP contribution is 2.21. The summed E-state index contributed by atoms with van der Waals surface area (Å²) in [6.07, 6.45) is 0.882. The van der Waals surface area contributed by atoms with Crippen molar-refractivity contribution in [2.45, 2.75) is 27.2 Å². The zero-order valence-electron chi connectivity index (χ0n) is 12.8. The third kappa shape index (κ3) is 3.64. The molecule has 0 saturated carbocycles. The topological polar surface area (TPSA) is 32.3 Å². The quantitative estimate of drug-likeness (QED) is 0.857. The molecule has 0 aliphatic heterocycles. The zero-order chi connectivity index (χ0) is 15.2. The lowest BCUT2D eigenvalue weighted by Gasteiger charge is -2.21. The number of benzene rings is 1. The van der Waals surface area contributed by atoms with Gasteiger partial charge < -0.3 is 10.2 Å². The maximum absolute atomic E-state index is 12.3. The number of carbonyl (C=O) groups is 1. The van der Waals surface area contributed by atoms with Gasteiger partial charge in [0.05, 0.1) is 4.88 Å². The molecule has 1 aromatic carbocycles. The molecule has 0 spiro atoms. The van der Waals surface area contributed by atoms with E-state index in [-0.39, 0.29) is 5.91 Å². The lowest BCUT2D eigenvalue weighted by molar-refractivity contribution is 0.103. The number of nitrogens with zero attached hydrogens (tertiary/aromatic N) is 1. The Morgan fingerprint density at radius 2 is 1.76 bits per heavy atom. The Morgan fingerprint density at radius 3 is 2.33 bits per heavy atom. The maximum Gasteiger partial charge on any atom is 0.266 e. The normalized spacial score (nSPS) is 10.4. The fraction of sp³-hybridized carbons (Fsp3) is 0.353. The Kier molecular flexibility index (Phi) is 5.39. The van der Waals surface area contributed by atoms with Gasteiger partial charge in [-0.05, 0) is 61.5 Å². The van der Waals surface area contributed by atoms with E-state index >= 15 is 0 Å². The summed E-state index contributed by atoms with van der Waals surface area (Å²) in [5, 5.41) is 4.94. The summed E-state index contributed by atoms with van der Waals surface area (Å²) in [6.45, 7) is 8.32. The van der Waals surface area contributed by atoms with Gasteiger partial charge in [-0.3, -0.25) is 4.79 Å². The van der Waals surface area contributed by atoms with E-state index in [1.807, 2.05) is 23.6 Å². The average Bonchev–Trinajstić information content (AvgIpc) is 2.99. The summed E-state index contributed by atoms with van der Waals surface area (Å²) in [5.74, 6) is -0.0163. The van der Waals surface area contributed by atoms with Crippen molar-refractivity contribution in [3.05, 3.63) is 46.2 Å². The first-order valence-corrected chi connectivity index (χ1v) is 8.30. The highest BCUT2D eigenvalue weighted by Gasteiger charge is 2.12. The molecule has 0 atom stereocenters. The Hall–Kier alpha value is -1.81. The van der Waals surface area contributed by atoms with Gasteiger partial charge in [-0.1, -0.05) is 6.92 Å². The largest absolute Gasteiger partial charge is 0.372 e. The van der Waals surface area contributed by atoms with Crippen LogP contribution >= 0.6 is 11.3 Å². The van der Waals surface area contributed by atoms with E-state index < -0.39 is 0 Å². The van der Waals surface area contributed by atoms with Crippen molar-refractivity contribution >= 4 is 28.6 Å². The highest BCUT2D eigenvalue weighted by molar-refractivity contribution is 7.12. The maximum atomic E-state index is 12.3. The summed E-state index contributed by atoms with van der Waals surface area (Å²) >= 11 is 1.50. The first kappa shape index (κ1) is 15.6. The van der Waals surface area contributed by atoms with Crippen LogP contribution in [0, 0.1) is 0 Å². The predicted molar refractivity (Wildman–Crippen MR) is 91.7 cm³/mol. The van der Waals surface area contributed by atoms with Gasteiger partial charge in [-0.15, -0.1) is 11.3 Å². The van der Waals surface area contributed by atoms with Crippen LogP contribution in [0.4, 0.5) is 11.4 Å². The van der Waals surface area contributed by atoms with Crippen LogP contribution in [0.15, 0.2) is 35.7 Å². The Bertz CT molecular complexity index is 585. The second-order valence-corrected chi connectivity index (χ2v) is 5.72. The summed E-state index contributed by atoms with van der Waals surface area (Å²) in [5.41, 5.74) is 3.13. The first-order valence-electron chi connectivity index (χ1n) is 7.42. The summed E-state index contributed by atoms with van der Waals surface area (Å²) < 4.78 is 0. The number of nitrogens with one attached hydrogen (secondary N) is 1. The van der Waals surface area contributed by atoms with Gasteiger partial charge in [0.2, 0.25) is 0 Å². The molecule has 0 fully saturated rings. The van der Waals surface area contributed by atoms with Crippen molar-refractivity contribution in [3.8, 4) is 0 Å². The molecule has 1 heterocycles. The first-order chi connectivity index (χ1) is 10.2. The van der Waals surface area contributed by atoms with Crippen LogP contribution in [0.3, 0.4) is 0 Å².